The van der Waals surface area contributed by atoms with Crippen LogP contribution in [0.4, 0.5) is 0 Å². The van der Waals surface area contributed by atoms with Crippen molar-refractivity contribution in [1.82, 2.24) is 9.62 Å². The average Bonchev–Trinajstić information content (AvgIpc) is 2.66. The zero-order chi connectivity index (χ0) is 11.8. The van der Waals surface area contributed by atoms with Crippen molar-refractivity contribution >= 4 is 37.3 Å². The highest BCUT2D eigenvalue weighted by atomic mass is 79.9. The summed E-state index contributed by atoms with van der Waals surface area (Å²) in [6, 6.07) is 1.68. The maximum absolute atomic E-state index is 12.3. The van der Waals surface area contributed by atoms with Gasteiger partial charge in [0.25, 0.3) is 10.0 Å². The number of thiophene rings is 1. The summed E-state index contributed by atoms with van der Waals surface area (Å²) in [4.78, 5) is 0. The van der Waals surface area contributed by atoms with E-state index in [9.17, 15) is 8.42 Å². The molecule has 0 saturated carbocycles. The van der Waals surface area contributed by atoms with Gasteiger partial charge in [-0.15, -0.1) is 11.3 Å². The van der Waals surface area contributed by atoms with Gasteiger partial charge in [-0.25, -0.2) is 8.42 Å². The van der Waals surface area contributed by atoms with Crippen LogP contribution in [0.3, 0.4) is 0 Å². The molecule has 0 bridgehead atoms. The van der Waals surface area contributed by atoms with Gasteiger partial charge in [-0.3, -0.25) is 0 Å². The first-order valence-corrected chi connectivity index (χ1v) is 8.09. The van der Waals surface area contributed by atoms with Crippen molar-refractivity contribution < 1.29 is 8.42 Å². The van der Waals surface area contributed by atoms with Gasteiger partial charge in [0, 0.05) is 35.5 Å². The van der Waals surface area contributed by atoms with Crippen LogP contribution in [0.25, 0.3) is 0 Å². The van der Waals surface area contributed by atoms with Crippen molar-refractivity contribution in [1.29, 1.82) is 0 Å². The lowest BCUT2D eigenvalue weighted by atomic mass is 10.3. The number of piperazine rings is 1. The third-order valence-corrected chi connectivity index (χ3v) is 6.74. The lowest BCUT2D eigenvalue weighted by Gasteiger charge is -2.32. The largest absolute Gasteiger partial charge is 0.314 e. The van der Waals surface area contributed by atoms with Crippen LogP contribution in [0.1, 0.15) is 6.92 Å². The second kappa shape index (κ2) is 4.73. The second-order valence-corrected chi connectivity index (χ2v) is 7.70. The Morgan fingerprint density at radius 1 is 1.62 bits per heavy atom. The number of hydrogen-bond donors (Lipinski definition) is 1. The van der Waals surface area contributed by atoms with E-state index < -0.39 is 10.0 Å². The molecule has 1 aromatic heterocycles. The molecule has 0 radical (unpaired) electrons. The molecule has 16 heavy (non-hydrogen) atoms. The van der Waals surface area contributed by atoms with E-state index in [-0.39, 0.29) is 6.04 Å². The molecule has 0 aromatic carbocycles. The summed E-state index contributed by atoms with van der Waals surface area (Å²) in [7, 11) is -3.31. The van der Waals surface area contributed by atoms with Crippen molar-refractivity contribution in [3.63, 3.8) is 0 Å². The summed E-state index contributed by atoms with van der Waals surface area (Å²) in [6.45, 7) is 3.90. The van der Waals surface area contributed by atoms with Gasteiger partial charge in [-0.1, -0.05) is 0 Å². The summed E-state index contributed by atoms with van der Waals surface area (Å²) >= 11 is 4.53. The topological polar surface area (TPSA) is 49.4 Å². The first-order chi connectivity index (χ1) is 7.51. The molecule has 4 nitrogen and oxygen atoms in total. The lowest BCUT2D eigenvalue weighted by Crippen LogP contribution is -2.51. The van der Waals surface area contributed by atoms with Crippen molar-refractivity contribution in [3.05, 3.63) is 15.9 Å². The average molecular weight is 325 g/mol. The van der Waals surface area contributed by atoms with Gasteiger partial charge in [-0.2, -0.15) is 4.31 Å². The van der Waals surface area contributed by atoms with E-state index >= 15 is 0 Å². The van der Waals surface area contributed by atoms with E-state index in [1.165, 1.54) is 11.3 Å². The maximum atomic E-state index is 12.3. The Kier molecular flexibility index (Phi) is 3.70. The molecule has 1 aliphatic rings. The molecule has 90 valence electrons. The van der Waals surface area contributed by atoms with Crippen LogP contribution < -0.4 is 5.32 Å². The quantitative estimate of drug-likeness (QED) is 0.896. The molecule has 0 amide bonds. The fourth-order valence-corrected chi connectivity index (χ4v) is 5.33. The Morgan fingerprint density at radius 3 is 2.94 bits per heavy atom. The van der Waals surface area contributed by atoms with Gasteiger partial charge in [0.05, 0.1) is 0 Å². The van der Waals surface area contributed by atoms with E-state index in [2.05, 4.69) is 21.2 Å². The van der Waals surface area contributed by atoms with Gasteiger partial charge >= 0.3 is 0 Å². The molecular weight excluding hydrogens is 312 g/mol. The number of rotatable bonds is 2. The summed E-state index contributed by atoms with van der Waals surface area (Å²) in [5.74, 6) is 0. The van der Waals surface area contributed by atoms with Crippen LogP contribution in [0, 0.1) is 0 Å². The molecule has 2 heterocycles. The predicted molar refractivity (Wildman–Crippen MR) is 68.2 cm³/mol. The smallest absolute Gasteiger partial charge is 0.252 e. The summed E-state index contributed by atoms with van der Waals surface area (Å²) < 4.78 is 27.4. The highest BCUT2D eigenvalue weighted by molar-refractivity contribution is 9.10. The summed E-state index contributed by atoms with van der Waals surface area (Å²) in [6.07, 6.45) is 0. The number of nitrogens with zero attached hydrogens (tertiary/aromatic N) is 1. The molecule has 7 heteroatoms. The second-order valence-electron chi connectivity index (χ2n) is 3.75. The standard InChI is InChI=1S/C9H13BrN2O2S2/c1-7-5-11-2-3-12(7)16(13,14)9-4-8(10)6-15-9/h4,6-7,11H,2-3,5H2,1H3. The molecule has 1 saturated heterocycles. The zero-order valence-electron chi connectivity index (χ0n) is 8.81. The van der Waals surface area contributed by atoms with E-state index in [0.717, 1.165) is 11.0 Å². The first-order valence-electron chi connectivity index (χ1n) is 4.98. The van der Waals surface area contributed by atoms with Gasteiger partial charge in [-0.05, 0) is 28.9 Å². The molecule has 1 fully saturated rings. The Hall–Kier alpha value is 0.0500. The molecule has 1 atom stereocenters. The third kappa shape index (κ3) is 2.33. The van der Waals surface area contributed by atoms with Crippen molar-refractivity contribution in [3.8, 4) is 0 Å². The van der Waals surface area contributed by atoms with E-state index in [0.29, 0.717) is 17.3 Å². The van der Waals surface area contributed by atoms with Crippen LogP contribution in [-0.2, 0) is 10.0 Å². The number of halogens is 1. The lowest BCUT2D eigenvalue weighted by molar-refractivity contribution is 0.284. The molecule has 0 aliphatic carbocycles. The Balaban J connectivity index is 2.31. The molecule has 0 spiro atoms. The van der Waals surface area contributed by atoms with Crippen molar-refractivity contribution in [2.45, 2.75) is 17.2 Å². The molecule has 2 rings (SSSR count). The number of sulfonamides is 1. The highest BCUT2D eigenvalue weighted by Gasteiger charge is 2.31. The normalized spacial score (nSPS) is 23.5. The minimum atomic E-state index is -3.31. The van der Waals surface area contributed by atoms with Crippen LogP contribution >= 0.6 is 27.3 Å². The van der Waals surface area contributed by atoms with E-state index in [1.54, 1.807) is 15.8 Å². The Bertz CT molecular complexity index is 472. The van der Waals surface area contributed by atoms with Crippen molar-refractivity contribution in [2.75, 3.05) is 19.6 Å². The highest BCUT2D eigenvalue weighted by Crippen LogP contribution is 2.28. The Morgan fingerprint density at radius 2 is 2.38 bits per heavy atom. The predicted octanol–water partition coefficient (Wildman–Crippen LogP) is 1.49. The molecule has 1 aliphatic heterocycles. The van der Waals surface area contributed by atoms with E-state index in [1.807, 2.05) is 6.92 Å². The van der Waals surface area contributed by atoms with Crippen LogP contribution in [0.15, 0.2) is 20.1 Å². The zero-order valence-corrected chi connectivity index (χ0v) is 12.0. The first kappa shape index (κ1) is 12.5. The Labute approximate surface area is 108 Å². The molecule has 1 aromatic rings. The fraction of sp³-hybridized carbons (Fsp3) is 0.556. The van der Waals surface area contributed by atoms with Crippen LogP contribution in [0.2, 0.25) is 0 Å². The van der Waals surface area contributed by atoms with Crippen LogP contribution in [0.5, 0.6) is 0 Å². The van der Waals surface area contributed by atoms with Gasteiger partial charge < -0.3 is 5.32 Å². The summed E-state index contributed by atoms with van der Waals surface area (Å²) in [5.41, 5.74) is 0. The number of hydrogen-bond acceptors (Lipinski definition) is 4. The number of nitrogens with one attached hydrogen (secondary N) is 1. The van der Waals surface area contributed by atoms with Gasteiger partial charge in [0.2, 0.25) is 0 Å². The minimum Gasteiger partial charge on any atom is -0.314 e. The molecular formula is C9H13BrN2O2S2. The fourth-order valence-electron chi connectivity index (χ4n) is 1.73. The molecule has 1 N–H and O–H groups in total. The van der Waals surface area contributed by atoms with Crippen LogP contribution in [-0.4, -0.2) is 38.4 Å². The summed E-state index contributed by atoms with van der Waals surface area (Å²) in [5, 5.41) is 4.97. The maximum Gasteiger partial charge on any atom is 0.252 e. The minimum absolute atomic E-state index is 0.0135. The van der Waals surface area contributed by atoms with Crippen molar-refractivity contribution in [2.24, 2.45) is 0 Å². The SMILES string of the molecule is CC1CNCCN1S(=O)(=O)c1cc(Br)cs1. The van der Waals surface area contributed by atoms with Gasteiger partial charge in [0.1, 0.15) is 4.21 Å². The molecule has 1 unspecified atom stereocenters. The van der Waals surface area contributed by atoms with E-state index in [4.69, 9.17) is 0 Å². The third-order valence-electron chi connectivity index (χ3n) is 2.55. The monoisotopic (exact) mass is 324 g/mol. The van der Waals surface area contributed by atoms with Gasteiger partial charge in [0.15, 0.2) is 0 Å².